The van der Waals surface area contributed by atoms with E-state index in [1.54, 1.807) is 12.2 Å². The van der Waals surface area contributed by atoms with Crippen LogP contribution in [0.3, 0.4) is 0 Å². The number of Topliss-reactive ketones (excluding diaryl/α,β-unsaturated/α-hetero) is 1. The lowest BCUT2D eigenvalue weighted by atomic mass is 9.90. The number of benzene rings is 1. The van der Waals surface area contributed by atoms with Gasteiger partial charge in [0.1, 0.15) is 34.1 Å². The van der Waals surface area contributed by atoms with Crippen molar-refractivity contribution in [1.82, 2.24) is 0 Å². The predicted octanol–water partition coefficient (Wildman–Crippen LogP) is 3.10. The maximum absolute atomic E-state index is 12.3. The number of allylic oxidation sites excluding steroid dienone is 2. The van der Waals surface area contributed by atoms with Crippen LogP contribution in [-0.4, -0.2) is 55.2 Å². The molecule has 1 fully saturated rings. The summed E-state index contributed by atoms with van der Waals surface area (Å²) >= 11 is 0. The molecular weight excluding hydrogens is 416 g/mol. The fourth-order valence-electron chi connectivity index (χ4n) is 3.70. The Hall–Kier alpha value is -1.96. The van der Waals surface area contributed by atoms with E-state index in [4.69, 9.17) is 4.74 Å². The number of unbranched alkanes of at least 4 members (excludes halogenated alkanes) is 3. The average Bonchev–Trinajstić information content (AvgIpc) is 2.99. The third kappa shape index (κ3) is 9.80. The molecule has 31 heavy (non-hydrogen) atoms. The van der Waals surface area contributed by atoms with Gasteiger partial charge in [-0.25, -0.2) is 8.42 Å². The third-order valence-corrected chi connectivity index (χ3v) is 6.43. The first-order valence-corrected chi connectivity index (χ1v) is 12.9. The smallest absolute Gasteiger partial charge is 0.147 e. The predicted molar refractivity (Wildman–Crippen MR) is 122 cm³/mol. The summed E-state index contributed by atoms with van der Waals surface area (Å²) in [5.74, 6) is 0.315. The number of carbonyl (C=O) groups is 1. The summed E-state index contributed by atoms with van der Waals surface area (Å²) in [5.41, 5.74) is 0. The minimum absolute atomic E-state index is 0.0370. The number of aliphatic hydroxyl groups excluding tert-OH is 2. The fraction of sp³-hybridized carbons (Fsp3) is 0.542. The Bertz CT molecular complexity index is 831. The molecule has 2 rings (SSSR count). The molecule has 4 atom stereocenters. The molecule has 1 unspecified atom stereocenters. The first kappa shape index (κ1) is 25.3. The highest BCUT2D eigenvalue weighted by atomic mass is 32.2. The van der Waals surface area contributed by atoms with Crippen molar-refractivity contribution in [3.05, 3.63) is 54.6 Å². The molecule has 0 spiro atoms. The topological polar surface area (TPSA) is 101 Å². The molecule has 0 saturated heterocycles. The molecule has 6 nitrogen and oxygen atoms in total. The van der Waals surface area contributed by atoms with Gasteiger partial charge in [0.05, 0.1) is 6.10 Å². The monoisotopic (exact) mass is 450 g/mol. The highest BCUT2D eigenvalue weighted by molar-refractivity contribution is 7.90. The van der Waals surface area contributed by atoms with Gasteiger partial charge in [0.15, 0.2) is 0 Å². The maximum Gasteiger partial charge on any atom is 0.147 e. The van der Waals surface area contributed by atoms with E-state index in [0.29, 0.717) is 18.6 Å². The van der Waals surface area contributed by atoms with Crippen LogP contribution < -0.4 is 4.74 Å². The number of para-hydroxylation sites is 1. The van der Waals surface area contributed by atoms with Crippen molar-refractivity contribution in [2.24, 2.45) is 11.8 Å². The van der Waals surface area contributed by atoms with Crippen LogP contribution in [0.1, 0.15) is 38.5 Å². The van der Waals surface area contributed by atoms with E-state index in [1.807, 2.05) is 42.5 Å². The lowest BCUT2D eigenvalue weighted by Gasteiger charge is -2.17. The molecule has 0 aliphatic heterocycles. The molecule has 0 heterocycles. The Balaban J connectivity index is 1.75. The Morgan fingerprint density at radius 3 is 2.61 bits per heavy atom. The highest BCUT2D eigenvalue weighted by Crippen LogP contribution is 2.33. The van der Waals surface area contributed by atoms with E-state index in [0.717, 1.165) is 19.3 Å². The first-order valence-electron chi connectivity index (χ1n) is 10.8. The van der Waals surface area contributed by atoms with E-state index < -0.39 is 22.0 Å². The van der Waals surface area contributed by atoms with Gasteiger partial charge in [-0.3, -0.25) is 4.79 Å². The summed E-state index contributed by atoms with van der Waals surface area (Å²) in [6, 6.07) is 9.21. The summed E-state index contributed by atoms with van der Waals surface area (Å²) in [7, 11) is -2.89. The summed E-state index contributed by atoms with van der Waals surface area (Å²) < 4.78 is 27.7. The Labute approximate surface area is 185 Å². The molecule has 1 aliphatic rings. The summed E-state index contributed by atoms with van der Waals surface area (Å²) in [6.45, 7) is 0.0984. The van der Waals surface area contributed by atoms with Gasteiger partial charge in [0.2, 0.25) is 0 Å². The third-order valence-electron chi connectivity index (χ3n) is 5.39. The molecule has 0 aromatic heterocycles. The van der Waals surface area contributed by atoms with E-state index in [9.17, 15) is 23.4 Å². The highest BCUT2D eigenvalue weighted by Gasteiger charge is 2.39. The maximum atomic E-state index is 12.3. The summed E-state index contributed by atoms with van der Waals surface area (Å²) in [6.07, 6.45) is 10.9. The van der Waals surface area contributed by atoms with Gasteiger partial charge in [0.25, 0.3) is 0 Å². The molecule has 1 aromatic rings. The molecule has 172 valence electrons. The zero-order chi connectivity index (χ0) is 22.7. The molecule has 0 amide bonds. The number of carbonyl (C=O) groups excluding carboxylic acids is 1. The van der Waals surface area contributed by atoms with Crippen LogP contribution in [0.4, 0.5) is 0 Å². The molecule has 1 aromatic carbocycles. The van der Waals surface area contributed by atoms with Crippen LogP contribution in [0.15, 0.2) is 54.6 Å². The largest absolute Gasteiger partial charge is 0.491 e. The van der Waals surface area contributed by atoms with Crippen LogP contribution in [0.5, 0.6) is 5.75 Å². The van der Waals surface area contributed by atoms with Gasteiger partial charge in [-0.05, 0) is 37.8 Å². The number of sulfone groups is 1. The number of ketones is 1. The number of hydrogen-bond acceptors (Lipinski definition) is 6. The molecule has 1 aliphatic carbocycles. The second-order valence-electron chi connectivity index (χ2n) is 8.18. The van der Waals surface area contributed by atoms with Gasteiger partial charge in [-0.15, -0.1) is 0 Å². The van der Waals surface area contributed by atoms with E-state index in [-0.39, 0.29) is 36.4 Å². The van der Waals surface area contributed by atoms with Gasteiger partial charge >= 0.3 is 0 Å². The van der Waals surface area contributed by atoms with Gasteiger partial charge < -0.3 is 14.9 Å². The summed E-state index contributed by atoms with van der Waals surface area (Å²) in [5, 5.41) is 20.4. The van der Waals surface area contributed by atoms with Gasteiger partial charge in [-0.1, -0.05) is 48.9 Å². The average molecular weight is 451 g/mol. The Morgan fingerprint density at radius 2 is 1.90 bits per heavy atom. The zero-order valence-electron chi connectivity index (χ0n) is 18.1. The molecule has 0 radical (unpaired) electrons. The Morgan fingerprint density at radius 1 is 1.16 bits per heavy atom. The van der Waals surface area contributed by atoms with Crippen molar-refractivity contribution in [2.45, 2.75) is 50.7 Å². The minimum Gasteiger partial charge on any atom is -0.491 e. The standard InChI is InChI=1S/C24H34O6S/c1-31(28,29)16-10-5-3-2-4-9-13-21-22(24(27)17-23(21)26)15-14-19(25)18-30-20-11-7-6-8-12-20/h4,6-9,11-12,14-15,19,21-22,24-25,27H,2-3,5,10,13,16-18H2,1H3/b9-4-,15-14+/t19-,21-,22-,24?/m1/s1. The van der Waals surface area contributed by atoms with Crippen LogP contribution in [-0.2, 0) is 14.6 Å². The number of hydrogen-bond donors (Lipinski definition) is 2. The quantitative estimate of drug-likeness (QED) is 0.354. The minimum atomic E-state index is -2.89. The summed E-state index contributed by atoms with van der Waals surface area (Å²) in [4.78, 5) is 12.3. The molecule has 1 saturated carbocycles. The van der Waals surface area contributed by atoms with Crippen LogP contribution >= 0.6 is 0 Å². The van der Waals surface area contributed by atoms with Crippen LogP contribution in [0.2, 0.25) is 0 Å². The second kappa shape index (κ2) is 12.8. The number of rotatable bonds is 13. The van der Waals surface area contributed by atoms with Crippen molar-refractivity contribution in [1.29, 1.82) is 0 Å². The molecule has 7 heteroatoms. The van der Waals surface area contributed by atoms with Crippen molar-refractivity contribution in [3.8, 4) is 5.75 Å². The van der Waals surface area contributed by atoms with E-state index >= 15 is 0 Å². The van der Waals surface area contributed by atoms with E-state index in [1.165, 1.54) is 6.26 Å². The normalized spacial score (nSPS) is 23.1. The van der Waals surface area contributed by atoms with Gasteiger partial charge in [-0.2, -0.15) is 0 Å². The zero-order valence-corrected chi connectivity index (χ0v) is 18.9. The SMILES string of the molecule is CS(=O)(=O)CCCCC/C=C\C[C@H]1C(=O)CC(O)[C@@H]1/C=C/[C@@H](O)COc1ccccc1. The van der Waals surface area contributed by atoms with Crippen molar-refractivity contribution in [3.63, 3.8) is 0 Å². The van der Waals surface area contributed by atoms with Crippen molar-refractivity contribution in [2.75, 3.05) is 18.6 Å². The first-order chi connectivity index (χ1) is 14.8. The molecule has 2 N–H and O–H groups in total. The fourth-order valence-corrected chi connectivity index (χ4v) is 4.43. The van der Waals surface area contributed by atoms with Crippen molar-refractivity contribution < 1.29 is 28.2 Å². The lowest BCUT2D eigenvalue weighted by Crippen LogP contribution is -2.20. The molecule has 0 bridgehead atoms. The van der Waals surface area contributed by atoms with E-state index in [2.05, 4.69) is 0 Å². The number of ether oxygens (including phenoxy) is 1. The van der Waals surface area contributed by atoms with Crippen LogP contribution in [0, 0.1) is 11.8 Å². The van der Waals surface area contributed by atoms with Crippen molar-refractivity contribution >= 4 is 15.6 Å². The molecular formula is C24H34O6S. The van der Waals surface area contributed by atoms with Crippen LogP contribution in [0.25, 0.3) is 0 Å². The Kier molecular flexibility index (Phi) is 10.4. The lowest BCUT2D eigenvalue weighted by molar-refractivity contribution is -0.121. The second-order valence-corrected chi connectivity index (χ2v) is 10.4. The number of aliphatic hydroxyl groups is 2. The van der Waals surface area contributed by atoms with Gasteiger partial charge in [0, 0.05) is 30.3 Å².